The van der Waals surface area contributed by atoms with Crippen molar-refractivity contribution in [1.82, 2.24) is 15.1 Å². The molecule has 124 valence electrons. The molecule has 2 rings (SSSR count). The van der Waals surface area contributed by atoms with Crippen LogP contribution in [-0.2, 0) is 17.8 Å². The average molecular weight is 313 g/mol. The Labute approximate surface area is 138 Å². The first kappa shape index (κ1) is 17.3. The average Bonchev–Trinajstić information content (AvgIpc) is 3.00. The van der Waals surface area contributed by atoms with Gasteiger partial charge in [-0.15, -0.1) is 0 Å². The highest BCUT2D eigenvalue weighted by Crippen LogP contribution is 2.15. The minimum Gasteiger partial charge on any atom is -0.350 e. The molecule has 0 aliphatic carbocycles. The molecule has 0 bridgehead atoms. The van der Waals surface area contributed by atoms with Gasteiger partial charge in [0.1, 0.15) is 0 Å². The summed E-state index contributed by atoms with van der Waals surface area (Å²) in [6.45, 7) is 7.25. The Hall–Kier alpha value is -2.10. The van der Waals surface area contributed by atoms with Crippen LogP contribution in [0.2, 0.25) is 0 Å². The van der Waals surface area contributed by atoms with E-state index in [0.29, 0.717) is 12.3 Å². The van der Waals surface area contributed by atoms with Gasteiger partial charge in [0, 0.05) is 25.4 Å². The molecule has 1 aromatic carbocycles. The van der Waals surface area contributed by atoms with E-state index >= 15 is 0 Å². The molecule has 1 amide bonds. The SMILES string of the molecule is CC(C)Cc1ccc([C@H](C)NC(=O)CCCn2cccn2)cc1. The van der Waals surface area contributed by atoms with Gasteiger partial charge in [0.15, 0.2) is 0 Å². The lowest BCUT2D eigenvalue weighted by atomic mass is 10.00. The molecule has 2 aromatic rings. The summed E-state index contributed by atoms with van der Waals surface area (Å²) in [5.41, 5.74) is 2.50. The number of benzene rings is 1. The number of carbonyl (C=O) groups excluding carboxylic acids is 1. The van der Waals surface area contributed by atoms with Crippen molar-refractivity contribution in [2.45, 2.75) is 52.6 Å². The maximum Gasteiger partial charge on any atom is 0.220 e. The van der Waals surface area contributed by atoms with E-state index in [4.69, 9.17) is 0 Å². The van der Waals surface area contributed by atoms with Gasteiger partial charge < -0.3 is 5.32 Å². The molecular weight excluding hydrogens is 286 g/mol. The lowest BCUT2D eigenvalue weighted by Gasteiger charge is -2.15. The predicted octanol–water partition coefficient (Wildman–Crippen LogP) is 3.74. The molecule has 23 heavy (non-hydrogen) atoms. The first-order valence-corrected chi connectivity index (χ1v) is 8.40. The highest BCUT2D eigenvalue weighted by molar-refractivity contribution is 5.76. The molecule has 0 unspecified atom stereocenters. The van der Waals surface area contributed by atoms with Gasteiger partial charge in [-0.2, -0.15) is 5.10 Å². The van der Waals surface area contributed by atoms with Gasteiger partial charge in [0.05, 0.1) is 6.04 Å². The number of hydrogen-bond acceptors (Lipinski definition) is 2. The quantitative estimate of drug-likeness (QED) is 0.807. The number of nitrogens with one attached hydrogen (secondary N) is 1. The highest BCUT2D eigenvalue weighted by atomic mass is 16.1. The molecule has 1 atom stereocenters. The van der Waals surface area contributed by atoms with Crippen molar-refractivity contribution in [1.29, 1.82) is 0 Å². The van der Waals surface area contributed by atoms with Crippen molar-refractivity contribution in [3.05, 3.63) is 53.9 Å². The largest absolute Gasteiger partial charge is 0.350 e. The first-order chi connectivity index (χ1) is 11.0. The fourth-order valence-corrected chi connectivity index (χ4v) is 2.65. The summed E-state index contributed by atoms with van der Waals surface area (Å²) in [4.78, 5) is 12.0. The molecule has 0 aliphatic heterocycles. The van der Waals surface area contributed by atoms with Gasteiger partial charge in [-0.25, -0.2) is 0 Å². The van der Waals surface area contributed by atoms with Crippen LogP contribution in [0.15, 0.2) is 42.7 Å². The molecule has 0 spiro atoms. The van der Waals surface area contributed by atoms with Crippen LogP contribution in [0.25, 0.3) is 0 Å². The zero-order valence-electron chi connectivity index (χ0n) is 14.3. The summed E-state index contributed by atoms with van der Waals surface area (Å²) in [6.07, 6.45) is 6.09. The van der Waals surface area contributed by atoms with E-state index in [1.807, 2.05) is 23.9 Å². The molecule has 1 aromatic heterocycles. The van der Waals surface area contributed by atoms with Crippen LogP contribution >= 0.6 is 0 Å². The third-order valence-corrected chi connectivity index (χ3v) is 3.85. The third-order valence-electron chi connectivity index (χ3n) is 3.85. The van der Waals surface area contributed by atoms with Crippen LogP contribution in [0.1, 0.15) is 50.8 Å². The van der Waals surface area contributed by atoms with Crippen LogP contribution in [0.5, 0.6) is 0 Å². The van der Waals surface area contributed by atoms with Crippen LogP contribution in [0, 0.1) is 5.92 Å². The van der Waals surface area contributed by atoms with Crippen LogP contribution < -0.4 is 5.32 Å². The van der Waals surface area contributed by atoms with E-state index in [0.717, 1.165) is 24.9 Å². The lowest BCUT2D eigenvalue weighted by Crippen LogP contribution is -2.26. The molecule has 0 radical (unpaired) electrons. The van der Waals surface area contributed by atoms with Crippen molar-refractivity contribution >= 4 is 5.91 Å². The maximum atomic E-state index is 12.0. The van der Waals surface area contributed by atoms with Gasteiger partial charge in [-0.1, -0.05) is 38.1 Å². The third kappa shape index (κ3) is 5.89. The van der Waals surface area contributed by atoms with Crippen molar-refractivity contribution in [3.63, 3.8) is 0 Å². The van der Waals surface area contributed by atoms with Crippen molar-refractivity contribution in [2.75, 3.05) is 0 Å². The van der Waals surface area contributed by atoms with Gasteiger partial charge in [0.2, 0.25) is 5.91 Å². The minimum atomic E-state index is 0.0419. The molecule has 0 aliphatic rings. The molecule has 0 fully saturated rings. The fourth-order valence-electron chi connectivity index (χ4n) is 2.65. The van der Waals surface area contributed by atoms with Crippen LogP contribution in [0.3, 0.4) is 0 Å². The van der Waals surface area contributed by atoms with E-state index in [1.165, 1.54) is 5.56 Å². The van der Waals surface area contributed by atoms with Gasteiger partial charge in [0.25, 0.3) is 0 Å². The molecule has 1 heterocycles. The Kier molecular flexibility index (Phi) is 6.39. The Bertz CT molecular complexity index is 588. The summed E-state index contributed by atoms with van der Waals surface area (Å²) in [5.74, 6) is 0.753. The smallest absolute Gasteiger partial charge is 0.220 e. The zero-order chi connectivity index (χ0) is 16.7. The van der Waals surface area contributed by atoms with E-state index in [2.05, 4.69) is 48.5 Å². The molecule has 4 heteroatoms. The van der Waals surface area contributed by atoms with Crippen LogP contribution in [0.4, 0.5) is 0 Å². The summed E-state index contributed by atoms with van der Waals surface area (Å²) in [5, 5.41) is 7.20. The standard InChI is InChI=1S/C19H27N3O/c1-15(2)14-17-7-9-18(10-8-17)16(3)21-19(23)6-4-12-22-13-5-11-20-22/h5,7-11,13,15-16H,4,6,12,14H2,1-3H3,(H,21,23)/t16-/m0/s1. The lowest BCUT2D eigenvalue weighted by molar-refractivity contribution is -0.121. The number of hydrogen-bond donors (Lipinski definition) is 1. The monoisotopic (exact) mass is 313 g/mol. The van der Waals surface area contributed by atoms with Crippen LogP contribution in [-0.4, -0.2) is 15.7 Å². The topological polar surface area (TPSA) is 46.9 Å². The van der Waals surface area contributed by atoms with Crippen molar-refractivity contribution < 1.29 is 4.79 Å². The second kappa shape index (κ2) is 8.51. The Morgan fingerprint density at radius 1 is 1.22 bits per heavy atom. The zero-order valence-corrected chi connectivity index (χ0v) is 14.3. The second-order valence-electron chi connectivity index (χ2n) is 6.50. The molecule has 4 nitrogen and oxygen atoms in total. The number of rotatable bonds is 8. The fraction of sp³-hybridized carbons (Fsp3) is 0.474. The first-order valence-electron chi connectivity index (χ1n) is 8.40. The predicted molar refractivity (Wildman–Crippen MR) is 93.0 cm³/mol. The highest BCUT2D eigenvalue weighted by Gasteiger charge is 2.09. The summed E-state index contributed by atoms with van der Waals surface area (Å²) in [7, 11) is 0. The van der Waals surface area contributed by atoms with Crippen molar-refractivity contribution in [2.24, 2.45) is 5.92 Å². The molecule has 0 saturated carbocycles. The Morgan fingerprint density at radius 3 is 2.57 bits per heavy atom. The second-order valence-corrected chi connectivity index (χ2v) is 6.50. The number of amides is 1. The van der Waals surface area contributed by atoms with Crippen molar-refractivity contribution in [3.8, 4) is 0 Å². The van der Waals surface area contributed by atoms with E-state index in [1.54, 1.807) is 6.20 Å². The summed E-state index contributed by atoms with van der Waals surface area (Å²) < 4.78 is 1.85. The van der Waals surface area contributed by atoms with E-state index < -0.39 is 0 Å². The molecular formula is C19H27N3O. The summed E-state index contributed by atoms with van der Waals surface area (Å²) in [6, 6.07) is 10.5. The van der Waals surface area contributed by atoms with Gasteiger partial charge >= 0.3 is 0 Å². The minimum absolute atomic E-state index is 0.0419. The van der Waals surface area contributed by atoms with Gasteiger partial charge in [-0.05, 0) is 42.9 Å². The van der Waals surface area contributed by atoms with E-state index in [-0.39, 0.29) is 11.9 Å². The molecule has 0 saturated heterocycles. The molecule has 1 N–H and O–H groups in total. The number of nitrogens with zero attached hydrogens (tertiary/aromatic N) is 2. The number of aromatic nitrogens is 2. The Morgan fingerprint density at radius 2 is 1.96 bits per heavy atom. The Balaban J connectivity index is 1.76. The van der Waals surface area contributed by atoms with E-state index in [9.17, 15) is 4.79 Å². The number of aryl methyl sites for hydroxylation is 1. The normalized spacial score (nSPS) is 12.3. The van der Waals surface area contributed by atoms with Gasteiger partial charge in [-0.3, -0.25) is 9.48 Å². The maximum absolute atomic E-state index is 12.0. The number of carbonyl (C=O) groups is 1. The summed E-state index contributed by atoms with van der Waals surface area (Å²) >= 11 is 0.